The number of rotatable bonds is 10. The first-order valence-corrected chi connectivity index (χ1v) is 6.88. The van der Waals surface area contributed by atoms with Gasteiger partial charge in [-0.2, -0.15) is 11.8 Å². The molecule has 0 aliphatic rings. The average Bonchev–Trinajstić information content (AvgIpc) is 2.24. The molecule has 0 rings (SSSR count). The maximum Gasteiger partial charge on any atom is 0.303 e. The summed E-state index contributed by atoms with van der Waals surface area (Å²) in [6, 6.07) is 0. The van der Waals surface area contributed by atoms with Gasteiger partial charge >= 0.3 is 5.97 Å². The molecular formula is C11H21NO3S. The van der Waals surface area contributed by atoms with E-state index in [-0.39, 0.29) is 12.3 Å². The van der Waals surface area contributed by atoms with Gasteiger partial charge in [-0.15, -0.1) is 0 Å². The van der Waals surface area contributed by atoms with Gasteiger partial charge < -0.3 is 10.4 Å². The fourth-order valence-electron chi connectivity index (χ4n) is 1.07. The predicted molar refractivity (Wildman–Crippen MR) is 66.7 cm³/mol. The van der Waals surface area contributed by atoms with Gasteiger partial charge in [-0.1, -0.05) is 13.3 Å². The Balaban J connectivity index is 3.21. The number of amides is 1. The van der Waals surface area contributed by atoms with Crippen LogP contribution in [0.25, 0.3) is 0 Å². The van der Waals surface area contributed by atoms with Crippen molar-refractivity contribution in [2.24, 2.45) is 0 Å². The molecule has 0 saturated carbocycles. The number of unbranched alkanes of at least 4 members (excludes halogenated alkanes) is 1. The molecular weight excluding hydrogens is 226 g/mol. The second-order valence-corrected chi connectivity index (χ2v) is 4.79. The molecule has 0 aromatic heterocycles. The number of aliphatic carboxylic acids is 1. The Labute approximate surface area is 101 Å². The monoisotopic (exact) mass is 247 g/mol. The van der Waals surface area contributed by atoms with Gasteiger partial charge in [0.1, 0.15) is 0 Å². The maximum absolute atomic E-state index is 11.2. The van der Waals surface area contributed by atoms with Crippen LogP contribution < -0.4 is 5.32 Å². The van der Waals surface area contributed by atoms with Gasteiger partial charge in [0.05, 0.1) is 0 Å². The Morgan fingerprint density at radius 1 is 1.19 bits per heavy atom. The minimum atomic E-state index is -0.815. The van der Waals surface area contributed by atoms with Crippen molar-refractivity contribution in [1.29, 1.82) is 0 Å². The fraction of sp³-hybridized carbons (Fsp3) is 0.818. The van der Waals surface area contributed by atoms with Crippen LogP contribution in [0, 0.1) is 0 Å². The Bertz CT molecular complexity index is 209. The molecule has 0 radical (unpaired) electrons. The minimum absolute atomic E-state index is 0.0226. The van der Waals surface area contributed by atoms with E-state index in [0.717, 1.165) is 11.5 Å². The lowest BCUT2D eigenvalue weighted by Gasteiger charge is -2.03. The van der Waals surface area contributed by atoms with Gasteiger partial charge in [0.15, 0.2) is 0 Å². The van der Waals surface area contributed by atoms with Crippen LogP contribution >= 0.6 is 11.8 Å². The van der Waals surface area contributed by atoms with E-state index in [1.54, 1.807) is 11.8 Å². The molecule has 0 saturated heterocycles. The number of hydrogen-bond acceptors (Lipinski definition) is 3. The van der Waals surface area contributed by atoms with Crippen LogP contribution in [0.3, 0.4) is 0 Å². The smallest absolute Gasteiger partial charge is 0.303 e. The van der Waals surface area contributed by atoms with E-state index in [1.165, 1.54) is 12.8 Å². The first-order chi connectivity index (χ1) is 7.66. The van der Waals surface area contributed by atoms with Crippen LogP contribution in [0.15, 0.2) is 0 Å². The maximum atomic E-state index is 11.2. The molecule has 2 N–H and O–H groups in total. The number of carboxylic acids is 1. The standard InChI is InChI=1S/C11H21NO3S/c1-2-3-8-16-9-6-10(13)12-7-4-5-11(14)15/h2-9H2,1H3,(H,12,13)(H,14,15). The summed E-state index contributed by atoms with van der Waals surface area (Å²) in [5.74, 6) is 1.17. The minimum Gasteiger partial charge on any atom is -0.481 e. The topological polar surface area (TPSA) is 66.4 Å². The summed E-state index contributed by atoms with van der Waals surface area (Å²) in [5, 5.41) is 11.1. The molecule has 0 aliphatic heterocycles. The van der Waals surface area contributed by atoms with Crippen molar-refractivity contribution in [2.75, 3.05) is 18.1 Å². The lowest BCUT2D eigenvalue weighted by molar-refractivity contribution is -0.137. The SMILES string of the molecule is CCCCSCCC(=O)NCCCC(=O)O. The molecule has 94 valence electrons. The van der Waals surface area contributed by atoms with Crippen molar-refractivity contribution < 1.29 is 14.7 Å². The summed E-state index contributed by atoms with van der Waals surface area (Å²) in [6.45, 7) is 2.61. The van der Waals surface area contributed by atoms with Crippen LogP contribution in [-0.4, -0.2) is 35.0 Å². The van der Waals surface area contributed by atoms with E-state index >= 15 is 0 Å². The number of thioether (sulfide) groups is 1. The van der Waals surface area contributed by atoms with Crippen molar-refractivity contribution in [1.82, 2.24) is 5.32 Å². The summed E-state index contributed by atoms with van der Waals surface area (Å²) in [6.07, 6.45) is 3.54. The number of hydrogen-bond donors (Lipinski definition) is 2. The first-order valence-electron chi connectivity index (χ1n) is 5.73. The zero-order valence-corrected chi connectivity index (χ0v) is 10.6. The van der Waals surface area contributed by atoms with Crippen LogP contribution in [0.4, 0.5) is 0 Å². The zero-order chi connectivity index (χ0) is 12.2. The Morgan fingerprint density at radius 2 is 1.94 bits per heavy atom. The van der Waals surface area contributed by atoms with Crippen LogP contribution in [0.1, 0.15) is 39.0 Å². The van der Waals surface area contributed by atoms with Crippen LogP contribution in [0.2, 0.25) is 0 Å². The molecule has 0 fully saturated rings. The summed E-state index contributed by atoms with van der Waals surface area (Å²) < 4.78 is 0. The second kappa shape index (κ2) is 10.8. The van der Waals surface area contributed by atoms with E-state index in [2.05, 4.69) is 12.2 Å². The van der Waals surface area contributed by atoms with Gasteiger partial charge in [-0.05, 0) is 18.6 Å². The van der Waals surface area contributed by atoms with E-state index in [1.807, 2.05) is 0 Å². The van der Waals surface area contributed by atoms with Crippen molar-refractivity contribution in [3.63, 3.8) is 0 Å². The zero-order valence-electron chi connectivity index (χ0n) is 9.83. The number of carboxylic acid groups (broad SMARTS) is 1. The molecule has 0 aromatic carbocycles. The van der Waals surface area contributed by atoms with Gasteiger partial charge in [0.25, 0.3) is 0 Å². The Hall–Kier alpha value is -0.710. The highest BCUT2D eigenvalue weighted by atomic mass is 32.2. The highest BCUT2D eigenvalue weighted by Gasteiger charge is 2.01. The highest BCUT2D eigenvalue weighted by molar-refractivity contribution is 7.99. The number of nitrogens with one attached hydrogen (secondary N) is 1. The van der Waals surface area contributed by atoms with E-state index in [0.29, 0.717) is 19.4 Å². The third kappa shape index (κ3) is 11.4. The van der Waals surface area contributed by atoms with Crippen molar-refractivity contribution >= 4 is 23.6 Å². The number of carbonyl (C=O) groups is 2. The normalized spacial score (nSPS) is 10.1. The van der Waals surface area contributed by atoms with Crippen molar-refractivity contribution in [3.8, 4) is 0 Å². The Kier molecular flexibility index (Phi) is 10.3. The lowest BCUT2D eigenvalue weighted by Crippen LogP contribution is -2.25. The Morgan fingerprint density at radius 3 is 2.56 bits per heavy atom. The van der Waals surface area contributed by atoms with E-state index in [4.69, 9.17) is 5.11 Å². The predicted octanol–water partition coefficient (Wildman–Crippen LogP) is 1.89. The summed E-state index contributed by atoms with van der Waals surface area (Å²) in [4.78, 5) is 21.4. The summed E-state index contributed by atoms with van der Waals surface area (Å²) >= 11 is 1.80. The molecule has 0 unspecified atom stereocenters. The third-order valence-corrected chi connectivity index (χ3v) is 3.08. The molecule has 4 nitrogen and oxygen atoms in total. The van der Waals surface area contributed by atoms with Gasteiger partial charge in [0, 0.05) is 25.1 Å². The van der Waals surface area contributed by atoms with Gasteiger partial charge in [0.2, 0.25) is 5.91 Å². The molecule has 16 heavy (non-hydrogen) atoms. The van der Waals surface area contributed by atoms with Crippen molar-refractivity contribution in [3.05, 3.63) is 0 Å². The number of carbonyl (C=O) groups excluding carboxylic acids is 1. The molecule has 0 spiro atoms. The summed E-state index contributed by atoms with van der Waals surface area (Å²) in [5.41, 5.74) is 0. The molecule has 1 amide bonds. The van der Waals surface area contributed by atoms with Gasteiger partial charge in [-0.3, -0.25) is 9.59 Å². The summed E-state index contributed by atoms with van der Waals surface area (Å²) in [7, 11) is 0. The van der Waals surface area contributed by atoms with E-state index in [9.17, 15) is 9.59 Å². The largest absolute Gasteiger partial charge is 0.481 e. The molecule has 0 bridgehead atoms. The lowest BCUT2D eigenvalue weighted by atomic mass is 10.3. The molecule has 5 heteroatoms. The molecule has 0 atom stereocenters. The van der Waals surface area contributed by atoms with Crippen molar-refractivity contribution in [2.45, 2.75) is 39.0 Å². The van der Waals surface area contributed by atoms with Gasteiger partial charge in [-0.25, -0.2) is 0 Å². The highest BCUT2D eigenvalue weighted by Crippen LogP contribution is 2.05. The second-order valence-electron chi connectivity index (χ2n) is 3.56. The van der Waals surface area contributed by atoms with Crippen LogP contribution in [-0.2, 0) is 9.59 Å². The quantitative estimate of drug-likeness (QED) is 0.579. The third-order valence-electron chi connectivity index (χ3n) is 2.01. The molecule has 0 aromatic rings. The fourth-order valence-corrected chi connectivity index (χ4v) is 2.10. The first kappa shape index (κ1) is 15.3. The molecule has 0 aliphatic carbocycles. The van der Waals surface area contributed by atoms with E-state index < -0.39 is 5.97 Å². The van der Waals surface area contributed by atoms with Crippen LogP contribution in [0.5, 0.6) is 0 Å². The average molecular weight is 247 g/mol. The molecule has 0 heterocycles.